The van der Waals surface area contributed by atoms with E-state index in [0.717, 1.165) is 0 Å². The summed E-state index contributed by atoms with van der Waals surface area (Å²) in [6.07, 6.45) is -0.158. The number of amides is 2. The Bertz CT molecular complexity index is 592. The molecule has 1 aromatic rings. The molecule has 0 atom stereocenters. The molecule has 0 unspecified atom stereocenters. The molecule has 0 aliphatic carbocycles. The first kappa shape index (κ1) is 21.2. The highest BCUT2D eigenvalue weighted by molar-refractivity contribution is 5.83. The third-order valence-electron chi connectivity index (χ3n) is 2.00. The van der Waals surface area contributed by atoms with E-state index in [9.17, 15) is 9.59 Å². The molecule has 24 heavy (non-hydrogen) atoms. The lowest BCUT2D eigenvalue weighted by molar-refractivity contribution is 0.0635. The van der Waals surface area contributed by atoms with Crippen LogP contribution in [0.2, 0.25) is 0 Å². The highest BCUT2D eigenvalue weighted by Gasteiger charge is 2.16. The van der Waals surface area contributed by atoms with Gasteiger partial charge in [-0.15, -0.1) is 0 Å². The number of nitrogens with zero attached hydrogens (tertiary/aromatic N) is 2. The van der Waals surface area contributed by atoms with Crippen LogP contribution in [0.25, 0.3) is 0 Å². The first-order valence-corrected chi connectivity index (χ1v) is 7.19. The summed E-state index contributed by atoms with van der Waals surface area (Å²) < 4.78 is 5.04. The average molecular weight is 336 g/mol. The van der Waals surface area contributed by atoms with Crippen molar-refractivity contribution in [2.45, 2.75) is 52.7 Å². The van der Waals surface area contributed by atoms with Crippen molar-refractivity contribution in [3.8, 4) is 6.07 Å². The Balaban J connectivity index is 0.000000561. The summed E-state index contributed by atoms with van der Waals surface area (Å²) in [6.45, 7) is 10.7. The molecule has 0 aromatic carbocycles. The van der Waals surface area contributed by atoms with Crippen LogP contribution in [0.15, 0.2) is 18.3 Å². The Morgan fingerprint density at radius 2 is 1.79 bits per heavy atom. The molecule has 132 valence electrons. The molecule has 0 aliphatic rings. The maximum absolute atomic E-state index is 11.3. The number of carbonyl (C=O) groups excluding carboxylic acids is 1. The number of pyridine rings is 1. The van der Waals surface area contributed by atoms with Crippen LogP contribution >= 0.6 is 0 Å². The van der Waals surface area contributed by atoms with Crippen LogP contribution in [0.5, 0.6) is 0 Å². The van der Waals surface area contributed by atoms with Gasteiger partial charge in [0.1, 0.15) is 17.5 Å². The smallest absolute Gasteiger partial charge is 0.413 e. The van der Waals surface area contributed by atoms with Crippen LogP contribution in [0.1, 0.15) is 47.1 Å². The summed E-state index contributed by atoms with van der Waals surface area (Å²) in [5.41, 5.74) is -0.433. The average Bonchev–Trinajstić information content (AvgIpc) is 2.35. The first-order chi connectivity index (χ1) is 10.8. The van der Waals surface area contributed by atoms with E-state index in [0.29, 0.717) is 11.4 Å². The van der Waals surface area contributed by atoms with Gasteiger partial charge in [0.05, 0.1) is 5.56 Å². The third kappa shape index (κ3) is 11.8. The van der Waals surface area contributed by atoms with Gasteiger partial charge in [0.2, 0.25) is 0 Å². The first-order valence-electron chi connectivity index (χ1n) is 7.19. The van der Waals surface area contributed by atoms with Crippen LogP contribution in [0.3, 0.4) is 0 Å². The Hall–Kier alpha value is -2.82. The highest BCUT2D eigenvalue weighted by atomic mass is 16.6. The largest absolute Gasteiger partial charge is 0.465 e. The predicted molar refractivity (Wildman–Crippen MR) is 89.7 cm³/mol. The third-order valence-corrected chi connectivity index (χ3v) is 2.00. The normalized spacial score (nSPS) is 10.5. The molecule has 3 N–H and O–H groups in total. The number of rotatable bonds is 1. The number of ether oxygens (including phenoxy) is 1. The maximum atomic E-state index is 11.3. The molecule has 8 nitrogen and oxygen atoms in total. The van der Waals surface area contributed by atoms with Gasteiger partial charge in [0.25, 0.3) is 0 Å². The second kappa shape index (κ2) is 8.72. The van der Waals surface area contributed by atoms with E-state index in [2.05, 4.69) is 15.6 Å². The molecule has 0 saturated carbocycles. The van der Waals surface area contributed by atoms with E-state index < -0.39 is 17.8 Å². The summed E-state index contributed by atoms with van der Waals surface area (Å²) in [5.74, 6) is 0.355. The van der Waals surface area contributed by atoms with Crippen molar-refractivity contribution < 1.29 is 19.4 Å². The number of nitrogens with one attached hydrogen (secondary N) is 2. The number of aromatic nitrogens is 1. The number of hydrogen-bond acceptors (Lipinski definition) is 5. The zero-order valence-corrected chi connectivity index (χ0v) is 14.8. The Morgan fingerprint density at radius 1 is 1.21 bits per heavy atom. The molecule has 1 aromatic heterocycles. The number of carboxylic acid groups (broad SMARTS) is 1. The van der Waals surface area contributed by atoms with Gasteiger partial charge in [-0.3, -0.25) is 5.32 Å². The van der Waals surface area contributed by atoms with Crippen molar-refractivity contribution in [3.05, 3.63) is 23.9 Å². The highest BCUT2D eigenvalue weighted by Crippen LogP contribution is 2.10. The zero-order valence-electron chi connectivity index (χ0n) is 14.8. The molecule has 1 heterocycles. The minimum atomic E-state index is -0.975. The van der Waals surface area contributed by atoms with E-state index in [1.54, 1.807) is 53.7 Å². The molecule has 8 heteroatoms. The molecule has 0 aliphatic heterocycles. The lowest BCUT2D eigenvalue weighted by atomic mass is 10.1. The van der Waals surface area contributed by atoms with Crippen molar-refractivity contribution in [2.75, 3.05) is 5.32 Å². The number of hydrogen-bond donors (Lipinski definition) is 3. The molecule has 0 saturated heterocycles. The molecule has 1 rings (SSSR count). The molecular formula is C16H24N4O4. The van der Waals surface area contributed by atoms with Crippen molar-refractivity contribution in [1.82, 2.24) is 10.3 Å². The van der Waals surface area contributed by atoms with Gasteiger partial charge in [0.15, 0.2) is 0 Å². The topological polar surface area (TPSA) is 124 Å². The molecule has 0 fully saturated rings. The van der Waals surface area contributed by atoms with Crippen molar-refractivity contribution in [2.24, 2.45) is 0 Å². The van der Waals surface area contributed by atoms with Crippen LogP contribution in [0, 0.1) is 11.3 Å². The lowest BCUT2D eigenvalue weighted by Crippen LogP contribution is -2.39. The van der Waals surface area contributed by atoms with Crippen molar-refractivity contribution >= 4 is 18.0 Å². The van der Waals surface area contributed by atoms with Crippen molar-refractivity contribution in [1.29, 1.82) is 5.26 Å². The van der Waals surface area contributed by atoms with Crippen molar-refractivity contribution in [3.63, 3.8) is 0 Å². The Labute approximate surface area is 141 Å². The number of anilines is 1. The van der Waals surface area contributed by atoms with Gasteiger partial charge in [-0.25, -0.2) is 14.6 Å². The number of carbonyl (C=O) groups is 2. The summed E-state index contributed by atoms with van der Waals surface area (Å²) in [4.78, 5) is 25.1. The standard InChI is InChI=1S/C11H13N3O2.C5H11NO2/c1-11(2,3)16-10(15)14-9-5-4-8(6-12)7-13-9;1-5(2,3)6-4(7)8/h4-5,7H,1-3H3,(H,13,14,15);6H,1-3H3,(H,7,8). The van der Waals surface area contributed by atoms with Crippen LogP contribution < -0.4 is 10.6 Å². The molecule has 2 amide bonds. The minimum absolute atomic E-state index is 0.328. The van der Waals surface area contributed by atoms with Crippen LogP contribution in [0.4, 0.5) is 15.4 Å². The predicted octanol–water partition coefficient (Wildman–Crippen LogP) is 3.35. The fourth-order valence-corrected chi connectivity index (χ4v) is 1.26. The zero-order chi connectivity index (χ0) is 19.0. The van der Waals surface area contributed by atoms with Gasteiger partial charge in [-0.05, 0) is 53.7 Å². The molecule has 0 radical (unpaired) electrons. The van der Waals surface area contributed by atoms with E-state index in [-0.39, 0.29) is 5.54 Å². The molecule has 0 spiro atoms. The van der Waals surface area contributed by atoms with Gasteiger partial charge < -0.3 is 15.2 Å². The molecule has 0 bridgehead atoms. The second-order valence-electron chi connectivity index (χ2n) is 6.85. The summed E-state index contributed by atoms with van der Waals surface area (Å²) in [6, 6.07) is 5.05. The van der Waals surface area contributed by atoms with Crippen LogP contribution in [-0.2, 0) is 4.74 Å². The lowest BCUT2D eigenvalue weighted by Gasteiger charge is -2.19. The summed E-state index contributed by atoms with van der Waals surface area (Å²) >= 11 is 0. The maximum Gasteiger partial charge on any atom is 0.413 e. The number of nitriles is 1. The van der Waals surface area contributed by atoms with Gasteiger partial charge in [0, 0.05) is 11.7 Å². The van der Waals surface area contributed by atoms with Crippen LogP contribution in [-0.4, -0.2) is 33.4 Å². The van der Waals surface area contributed by atoms with Gasteiger partial charge in [-0.2, -0.15) is 5.26 Å². The van der Waals surface area contributed by atoms with Gasteiger partial charge >= 0.3 is 12.2 Å². The Kier molecular flexibility index (Phi) is 7.69. The van der Waals surface area contributed by atoms with E-state index in [1.165, 1.54) is 6.20 Å². The summed E-state index contributed by atoms with van der Waals surface area (Å²) in [5, 5.41) is 21.5. The minimum Gasteiger partial charge on any atom is -0.465 e. The SMILES string of the molecule is CC(C)(C)NC(=O)O.CC(C)(C)OC(=O)Nc1ccc(C#N)cn1. The van der Waals surface area contributed by atoms with E-state index in [1.807, 2.05) is 6.07 Å². The quantitative estimate of drug-likeness (QED) is 0.722. The molecular weight excluding hydrogens is 312 g/mol. The monoisotopic (exact) mass is 336 g/mol. The van der Waals surface area contributed by atoms with E-state index in [4.69, 9.17) is 15.1 Å². The van der Waals surface area contributed by atoms with Gasteiger partial charge in [-0.1, -0.05) is 0 Å². The van der Waals surface area contributed by atoms with E-state index >= 15 is 0 Å². The second-order valence-corrected chi connectivity index (χ2v) is 6.85. The fraction of sp³-hybridized carbons (Fsp3) is 0.500. The summed E-state index contributed by atoms with van der Waals surface area (Å²) in [7, 11) is 0. The fourth-order valence-electron chi connectivity index (χ4n) is 1.26. The Morgan fingerprint density at radius 3 is 2.08 bits per heavy atom.